The fraction of sp³-hybridized carbons (Fsp3) is 0.353. The van der Waals surface area contributed by atoms with Crippen LogP contribution in [0.3, 0.4) is 0 Å². The van der Waals surface area contributed by atoms with Crippen molar-refractivity contribution >= 4 is 17.4 Å². The molecule has 0 amide bonds. The zero-order valence-corrected chi connectivity index (χ0v) is 26.2. The van der Waals surface area contributed by atoms with Crippen LogP contribution in [0.15, 0.2) is 84.2 Å². The number of aliphatic hydroxyl groups is 1. The molecule has 0 saturated carbocycles. The van der Waals surface area contributed by atoms with Gasteiger partial charge in [-0.05, 0) is 90.8 Å². The first kappa shape index (κ1) is 32.6. The van der Waals surface area contributed by atoms with Crippen molar-refractivity contribution in [1.82, 2.24) is 14.8 Å². The molecule has 1 aliphatic rings. The van der Waals surface area contributed by atoms with Crippen LogP contribution in [0.1, 0.15) is 50.7 Å². The third-order valence-corrected chi connectivity index (χ3v) is 8.69. The van der Waals surface area contributed by atoms with Gasteiger partial charge in [0.05, 0.1) is 16.8 Å². The quantitative estimate of drug-likeness (QED) is 0.166. The van der Waals surface area contributed by atoms with E-state index in [1.165, 1.54) is 41.3 Å². The Hall–Kier alpha value is -3.83. The maximum absolute atomic E-state index is 13.9. The van der Waals surface area contributed by atoms with Gasteiger partial charge in [-0.3, -0.25) is 0 Å². The molecule has 2 atom stereocenters. The molecule has 1 N–H and O–H groups in total. The van der Waals surface area contributed by atoms with E-state index < -0.39 is 12.5 Å². The number of hydrogen-bond donors (Lipinski definition) is 1. The summed E-state index contributed by atoms with van der Waals surface area (Å²) in [6, 6.07) is 18.3. The van der Waals surface area contributed by atoms with E-state index in [0.717, 1.165) is 52.5 Å². The largest absolute Gasteiger partial charge is 0.573 e. The van der Waals surface area contributed by atoms with Crippen LogP contribution in [0.2, 0.25) is 0 Å². The number of halogens is 4. The molecule has 2 heterocycles. The number of hydrogen-bond acceptors (Lipinski definition) is 6. The number of aliphatic hydroxyl groups excluding tert-OH is 1. The maximum Gasteiger partial charge on any atom is 0.573 e. The van der Waals surface area contributed by atoms with Crippen molar-refractivity contribution in [1.29, 1.82) is 0 Å². The lowest BCUT2D eigenvalue weighted by Gasteiger charge is -2.25. The van der Waals surface area contributed by atoms with Gasteiger partial charge in [-0.2, -0.15) is 0 Å². The van der Waals surface area contributed by atoms with Crippen LogP contribution in [0.4, 0.5) is 23.2 Å². The highest BCUT2D eigenvalue weighted by Gasteiger charge is 2.31. The van der Waals surface area contributed by atoms with Crippen LogP contribution in [-0.2, 0) is 6.42 Å². The standard InChI is InChI=1S/C34H36F4N4O2S/c1-22(2)30-19-26(35)9-15-31(30)41-16-17-45-32(41)20-28(43)12-4-23(3)18-24-5-7-25(8-6-24)33-39-21-42(40-33)27-10-13-29(14-11-27)44-34(36,37)38/h5-11,13-15,19-23,28,43H,4,12,16-18H2,1-3H3/b32-20-. The highest BCUT2D eigenvalue weighted by molar-refractivity contribution is 8.03. The van der Waals surface area contributed by atoms with Gasteiger partial charge in [0.25, 0.3) is 0 Å². The van der Waals surface area contributed by atoms with Gasteiger partial charge in [0.2, 0.25) is 0 Å². The van der Waals surface area contributed by atoms with Gasteiger partial charge in [0.15, 0.2) is 5.82 Å². The number of thioether (sulfide) groups is 1. The number of anilines is 1. The van der Waals surface area contributed by atoms with Crippen LogP contribution in [0.25, 0.3) is 17.1 Å². The van der Waals surface area contributed by atoms with E-state index in [1.54, 1.807) is 17.8 Å². The second-order valence-electron chi connectivity index (χ2n) is 11.6. The maximum atomic E-state index is 13.9. The summed E-state index contributed by atoms with van der Waals surface area (Å²) in [4.78, 5) is 6.54. The van der Waals surface area contributed by atoms with Crippen LogP contribution in [0.5, 0.6) is 5.75 Å². The molecular formula is C34H36F4N4O2S. The van der Waals surface area contributed by atoms with Crippen molar-refractivity contribution in [2.45, 2.75) is 58.4 Å². The molecule has 1 fully saturated rings. The fourth-order valence-electron chi connectivity index (χ4n) is 5.36. The van der Waals surface area contributed by atoms with E-state index in [4.69, 9.17) is 0 Å². The number of ether oxygens (including phenoxy) is 1. The molecule has 1 aliphatic heterocycles. The predicted molar refractivity (Wildman–Crippen MR) is 170 cm³/mol. The SMILES string of the molecule is CC(CCC(O)/C=C1\SCCN1c1ccc(F)cc1C(C)C)Cc1ccc(-c2ncn(-c3ccc(OC(F)(F)F)cc3)n2)cc1. The van der Waals surface area contributed by atoms with Crippen molar-refractivity contribution in [3.8, 4) is 22.8 Å². The Labute approximate surface area is 264 Å². The highest BCUT2D eigenvalue weighted by atomic mass is 32.2. The summed E-state index contributed by atoms with van der Waals surface area (Å²) in [7, 11) is 0. The minimum Gasteiger partial charge on any atom is -0.406 e. The van der Waals surface area contributed by atoms with E-state index in [2.05, 4.69) is 40.5 Å². The molecule has 0 bridgehead atoms. The zero-order valence-electron chi connectivity index (χ0n) is 25.3. The molecule has 5 rings (SSSR count). The summed E-state index contributed by atoms with van der Waals surface area (Å²) in [5.74, 6) is 1.42. The van der Waals surface area contributed by atoms with Gasteiger partial charge in [0.1, 0.15) is 17.9 Å². The topological polar surface area (TPSA) is 63.4 Å². The van der Waals surface area contributed by atoms with Gasteiger partial charge in [-0.1, -0.05) is 45.0 Å². The minimum atomic E-state index is -4.74. The molecule has 1 saturated heterocycles. The Bertz CT molecular complexity index is 1600. The van der Waals surface area contributed by atoms with Crippen LogP contribution in [-0.4, -0.2) is 44.6 Å². The van der Waals surface area contributed by atoms with Crippen LogP contribution >= 0.6 is 11.8 Å². The predicted octanol–water partition coefficient (Wildman–Crippen LogP) is 8.51. The van der Waals surface area contributed by atoms with Gasteiger partial charge in [0, 0.05) is 23.5 Å². The number of nitrogens with zero attached hydrogens (tertiary/aromatic N) is 4. The average molecular weight is 641 g/mol. The highest BCUT2D eigenvalue weighted by Crippen LogP contribution is 2.38. The summed E-state index contributed by atoms with van der Waals surface area (Å²) in [6.07, 6.45) is 0.474. The van der Waals surface area contributed by atoms with Crippen molar-refractivity contribution in [3.05, 3.63) is 101 Å². The summed E-state index contributed by atoms with van der Waals surface area (Å²) in [5, 5.41) is 16.4. The normalized spacial score (nSPS) is 16.0. The van der Waals surface area contributed by atoms with Crippen molar-refractivity contribution in [3.63, 3.8) is 0 Å². The smallest absolute Gasteiger partial charge is 0.406 e. The second kappa shape index (κ2) is 14.1. The average Bonchev–Trinajstić information content (AvgIpc) is 3.66. The molecule has 3 aromatic carbocycles. The Morgan fingerprint density at radius 2 is 1.73 bits per heavy atom. The van der Waals surface area contributed by atoms with Crippen LogP contribution < -0.4 is 9.64 Å². The molecular weight excluding hydrogens is 604 g/mol. The summed E-state index contributed by atoms with van der Waals surface area (Å²) in [6.45, 7) is 7.12. The molecule has 1 aromatic heterocycles. The monoisotopic (exact) mass is 640 g/mol. The van der Waals surface area contributed by atoms with E-state index in [-0.39, 0.29) is 17.5 Å². The molecule has 6 nitrogen and oxygen atoms in total. The Balaban J connectivity index is 1.14. The molecule has 11 heteroatoms. The van der Waals surface area contributed by atoms with Crippen molar-refractivity contribution < 1.29 is 27.4 Å². The number of benzene rings is 3. The third-order valence-electron chi connectivity index (χ3n) is 7.65. The molecule has 2 unspecified atom stereocenters. The second-order valence-corrected chi connectivity index (χ2v) is 12.7. The van der Waals surface area contributed by atoms with Gasteiger partial charge in [-0.15, -0.1) is 30.0 Å². The summed E-state index contributed by atoms with van der Waals surface area (Å²) >= 11 is 1.72. The molecule has 0 spiro atoms. The summed E-state index contributed by atoms with van der Waals surface area (Å²) < 4.78 is 56.6. The number of alkyl halides is 3. The van der Waals surface area contributed by atoms with E-state index >= 15 is 0 Å². The zero-order chi connectivity index (χ0) is 32.1. The Kier molecular flexibility index (Phi) is 10.2. The molecule has 0 radical (unpaired) electrons. The Morgan fingerprint density at radius 3 is 2.42 bits per heavy atom. The molecule has 45 heavy (non-hydrogen) atoms. The molecule has 4 aromatic rings. The van der Waals surface area contributed by atoms with Gasteiger partial charge in [-0.25, -0.2) is 14.1 Å². The number of aromatic nitrogens is 3. The Morgan fingerprint density at radius 1 is 1.00 bits per heavy atom. The third kappa shape index (κ3) is 8.67. The van der Waals surface area contributed by atoms with Crippen molar-refractivity contribution in [2.75, 3.05) is 17.2 Å². The number of rotatable bonds is 11. The first-order valence-electron chi connectivity index (χ1n) is 14.9. The summed E-state index contributed by atoms with van der Waals surface area (Å²) in [5.41, 5.74) is 4.51. The lowest BCUT2D eigenvalue weighted by atomic mass is 9.94. The van der Waals surface area contributed by atoms with E-state index in [9.17, 15) is 22.7 Å². The van der Waals surface area contributed by atoms with Gasteiger partial charge < -0.3 is 14.7 Å². The van der Waals surface area contributed by atoms with E-state index in [1.807, 2.05) is 36.4 Å². The van der Waals surface area contributed by atoms with Crippen molar-refractivity contribution in [2.24, 2.45) is 5.92 Å². The molecule has 0 aliphatic carbocycles. The minimum absolute atomic E-state index is 0.187. The molecule has 238 valence electrons. The lowest BCUT2D eigenvalue weighted by molar-refractivity contribution is -0.274. The van der Waals surface area contributed by atoms with E-state index in [0.29, 0.717) is 23.9 Å². The first-order valence-corrected chi connectivity index (χ1v) is 15.9. The first-order chi connectivity index (χ1) is 21.4. The lowest BCUT2D eigenvalue weighted by Crippen LogP contribution is -2.20. The van der Waals surface area contributed by atoms with Crippen LogP contribution in [0, 0.1) is 11.7 Å². The van der Waals surface area contributed by atoms with Gasteiger partial charge >= 0.3 is 6.36 Å². The fourth-order valence-corrected chi connectivity index (χ4v) is 6.44.